The van der Waals surface area contributed by atoms with Gasteiger partial charge in [0.25, 0.3) is 0 Å². The Bertz CT molecular complexity index is 477. The lowest BCUT2D eigenvalue weighted by molar-refractivity contribution is 1.05. The zero-order valence-electron chi connectivity index (χ0n) is 8.05. The summed E-state index contributed by atoms with van der Waals surface area (Å²) in [7, 11) is 0. The molecule has 0 aliphatic carbocycles. The Morgan fingerprint density at radius 1 is 1.29 bits per heavy atom. The Labute approximate surface area is 88.5 Å². The second kappa shape index (κ2) is 3.60. The van der Waals surface area contributed by atoms with Crippen molar-refractivity contribution in [1.29, 1.82) is 0 Å². The number of halogens is 1. The molecular formula is C12H12ClN. The Balaban J connectivity index is 2.79. The van der Waals surface area contributed by atoms with E-state index in [2.05, 4.69) is 25.1 Å². The van der Waals surface area contributed by atoms with Crippen LogP contribution < -0.4 is 5.73 Å². The molecule has 2 heteroatoms. The first-order valence-corrected chi connectivity index (χ1v) is 4.98. The number of benzene rings is 2. The Hall–Kier alpha value is -1.05. The van der Waals surface area contributed by atoms with E-state index >= 15 is 0 Å². The number of aryl methyl sites for hydroxylation is 1. The van der Waals surface area contributed by atoms with Crippen LogP contribution >= 0.6 is 11.6 Å². The van der Waals surface area contributed by atoms with Crippen LogP contribution in [0, 0.1) is 6.92 Å². The lowest BCUT2D eigenvalue weighted by Crippen LogP contribution is -1.98. The van der Waals surface area contributed by atoms with Crippen molar-refractivity contribution in [3.05, 3.63) is 46.5 Å². The van der Waals surface area contributed by atoms with Gasteiger partial charge in [-0.2, -0.15) is 0 Å². The molecule has 2 rings (SSSR count). The Morgan fingerprint density at radius 2 is 2.07 bits per heavy atom. The predicted molar refractivity (Wildman–Crippen MR) is 61.6 cm³/mol. The molecule has 0 aromatic heterocycles. The highest BCUT2D eigenvalue weighted by molar-refractivity contribution is 6.35. The minimum absolute atomic E-state index is 0.578. The molecule has 2 aromatic carbocycles. The van der Waals surface area contributed by atoms with Crippen molar-refractivity contribution in [2.45, 2.75) is 13.5 Å². The summed E-state index contributed by atoms with van der Waals surface area (Å²) in [5.74, 6) is 0. The van der Waals surface area contributed by atoms with Crippen LogP contribution in [-0.4, -0.2) is 0 Å². The van der Waals surface area contributed by atoms with Crippen LogP contribution in [0.4, 0.5) is 0 Å². The molecule has 0 spiro atoms. The van der Waals surface area contributed by atoms with Crippen LogP contribution in [0.1, 0.15) is 11.1 Å². The van der Waals surface area contributed by atoms with Crippen LogP contribution in [0.5, 0.6) is 0 Å². The number of hydrogen-bond donors (Lipinski definition) is 1. The number of hydrogen-bond acceptors (Lipinski definition) is 1. The first-order chi connectivity index (χ1) is 6.72. The van der Waals surface area contributed by atoms with Crippen molar-refractivity contribution in [2.75, 3.05) is 0 Å². The van der Waals surface area contributed by atoms with Crippen LogP contribution in [0.2, 0.25) is 5.02 Å². The normalized spacial score (nSPS) is 10.8. The predicted octanol–water partition coefficient (Wildman–Crippen LogP) is 3.26. The zero-order chi connectivity index (χ0) is 10.1. The summed E-state index contributed by atoms with van der Waals surface area (Å²) in [6.07, 6.45) is 0. The third-order valence-corrected chi connectivity index (χ3v) is 2.83. The van der Waals surface area contributed by atoms with Crippen molar-refractivity contribution in [1.82, 2.24) is 0 Å². The van der Waals surface area contributed by atoms with Crippen LogP contribution in [0.15, 0.2) is 30.3 Å². The highest BCUT2D eigenvalue weighted by Crippen LogP contribution is 2.26. The summed E-state index contributed by atoms with van der Waals surface area (Å²) in [4.78, 5) is 0. The Morgan fingerprint density at radius 3 is 2.79 bits per heavy atom. The van der Waals surface area contributed by atoms with E-state index in [0.29, 0.717) is 6.54 Å². The second-order valence-electron chi connectivity index (χ2n) is 3.44. The minimum Gasteiger partial charge on any atom is -0.326 e. The molecule has 72 valence electrons. The summed E-state index contributed by atoms with van der Waals surface area (Å²) in [6, 6.07) is 10.1. The van der Waals surface area contributed by atoms with Gasteiger partial charge in [-0.15, -0.1) is 0 Å². The van der Waals surface area contributed by atoms with Gasteiger partial charge in [-0.3, -0.25) is 0 Å². The molecule has 0 aliphatic rings. The molecule has 0 heterocycles. The molecule has 0 bridgehead atoms. The average Bonchev–Trinajstić information content (AvgIpc) is 2.19. The smallest absolute Gasteiger partial charge is 0.0484 e. The van der Waals surface area contributed by atoms with E-state index in [1.165, 1.54) is 11.1 Å². The van der Waals surface area contributed by atoms with Crippen molar-refractivity contribution < 1.29 is 0 Å². The molecule has 14 heavy (non-hydrogen) atoms. The summed E-state index contributed by atoms with van der Waals surface area (Å²) in [5.41, 5.74) is 8.03. The highest BCUT2D eigenvalue weighted by atomic mass is 35.5. The molecule has 2 N–H and O–H groups in total. The molecule has 0 saturated carbocycles. The fourth-order valence-corrected chi connectivity index (χ4v) is 1.90. The third-order valence-electron chi connectivity index (χ3n) is 2.50. The van der Waals surface area contributed by atoms with Gasteiger partial charge < -0.3 is 5.73 Å². The van der Waals surface area contributed by atoms with Gasteiger partial charge in [-0.05, 0) is 41.6 Å². The SMILES string of the molecule is Cc1cc2c(Cl)cccc2cc1CN. The fraction of sp³-hybridized carbons (Fsp3) is 0.167. The summed E-state index contributed by atoms with van der Waals surface area (Å²) < 4.78 is 0. The van der Waals surface area contributed by atoms with Gasteiger partial charge in [-0.25, -0.2) is 0 Å². The van der Waals surface area contributed by atoms with E-state index in [-0.39, 0.29) is 0 Å². The average molecular weight is 206 g/mol. The quantitative estimate of drug-likeness (QED) is 0.760. The van der Waals surface area contributed by atoms with Crippen molar-refractivity contribution in [3.63, 3.8) is 0 Å². The topological polar surface area (TPSA) is 26.0 Å². The monoisotopic (exact) mass is 205 g/mol. The lowest BCUT2D eigenvalue weighted by Gasteiger charge is -2.06. The largest absolute Gasteiger partial charge is 0.326 e. The van der Waals surface area contributed by atoms with E-state index in [4.69, 9.17) is 17.3 Å². The first kappa shape index (κ1) is 9.50. The van der Waals surface area contributed by atoms with Crippen molar-refractivity contribution in [3.8, 4) is 0 Å². The number of nitrogens with two attached hydrogens (primary N) is 1. The van der Waals surface area contributed by atoms with Crippen LogP contribution in [0.3, 0.4) is 0 Å². The molecule has 0 aliphatic heterocycles. The van der Waals surface area contributed by atoms with Crippen molar-refractivity contribution in [2.24, 2.45) is 5.73 Å². The molecule has 0 radical (unpaired) electrons. The molecular weight excluding hydrogens is 194 g/mol. The van der Waals surface area contributed by atoms with Gasteiger partial charge in [0.2, 0.25) is 0 Å². The van der Waals surface area contributed by atoms with Gasteiger partial charge in [0, 0.05) is 17.0 Å². The maximum atomic E-state index is 6.09. The summed E-state index contributed by atoms with van der Waals surface area (Å²) in [6.45, 7) is 2.64. The fourth-order valence-electron chi connectivity index (χ4n) is 1.66. The van der Waals surface area contributed by atoms with E-state index in [9.17, 15) is 0 Å². The maximum Gasteiger partial charge on any atom is 0.0484 e. The van der Waals surface area contributed by atoms with Gasteiger partial charge in [0.1, 0.15) is 0 Å². The Kier molecular flexibility index (Phi) is 2.44. The van der Waals surface area contributed by atoms with E-state index in [1.54, 1.807) is 0 Å². The molecule has 0 unspecified atom stereocenters. The highest BCUT2D eigenvalue weighted by Gasteiger charge is 2.02. The summed E-state index contributed by atoms with van der Waals surface area (Å²) >= 11 is 6.09. The molecule has 1 nitrogen and oxygen atoms in total. The van der Waals surface area contributed by atoms with Gasteiger partial charge in [-0.1, -0.05) is 23.7 Å². The van der Waals surface area contributed by atoms with E-state index in [1.807, 2.05) is 12.1 Å². The first-order valence-electron chi connectivity index (χ1n) is 4.60. The van der Waals surface area contributed by atoms with Gasteiger partial charge in [0.05, 0.1) is 0 Å². The van der Waals surface area contributed by atoms with Gasteiger partial charge in [0.15, 0.2) is 0 Å². The lowest BCUT2D eigenvalue weighted by atomic mass is 10.0. The molecule has 0 fully saturated rings. The number of rotatable bonds is 1. The summed E-state index contributed by atoms with van der Waals surface area (Å²) in [5, 5.41) is 3.06. The van der Waals surface area contributed by atoms with Crippen molar-refractivity contribution >= 4 is 22.4 Å². The van der Waals surface area contributed by atoms with E-state index in [0.717, 1.165) is 15.8 Å². The minimum atomic E-state index is 0.578. The van der Waals surface area contributed by atoms with Gasteiger partial charge >= 0.3 is 0 Å². The maximum absolute atomic E-state index is 6.09. The molecule has 2 aromatic rings. The number of fused-ring (bicyclic) bond motifs is 1. The van der Waals surface area contributed by atoms with Crippen LogP contribution in [0.25, 0.3) is 10.8 Å². The van der Waals surface area contributed by atoms with Crippen LogP contribution in [-0.2, 0) is 6.54 Å². The molecule has 0 saturated heterocycles. The third kappa shape index (κ3) is 1.49. The second-order valence-corrected chi connectivity index (χ2v) is 3.85. The zero-order valence-corrected chi connectivity index (χ0v) is 8.81. The molecule has 0 amide bonds. The van der Waals surface area contributed by atoms with E-state index < -0.39 is 0 Å². The molecule has 0 atom stereocenters. The standard InChI is InChI=1S/C12H12ClN/c1-8-5-11-9(6-10(8)7-14)3-2-4-12(11)13/h2-6H,7,14H2,1H3.